The van der Waals surface area contributed by atoms with Gasteiger partial charge in [0.05, 0.1) is 18.3 Å². The van der Waals surface area contributed by atoms with Gasteiger partial charge in [-0.15, -0.1) is 11.3 Å². The van der Waals surface area contributed by atoms with Crippen LogP contribution in [0.5, 0.6) is 0 Å². The van der Waals surface area contributed by atoms with Crippen LogP contribution in [0.2, 0.25) is 0 Å². The maximum Gasteiger partial charge on any atom is 0.348 e. The molecule has 2 heterocycles. The molecule has 0 aliphatic heterocycles. The molecule has 1 aromatic carbocycles. The highest BCUT2D eigenvalue weighted by atomic mass is 32.1. The summed E-state index contributed by atoms with van der Waals surface area (Å²) in [6.07, 6.45) is 1.25. The summed E-state index contributed by atoms with van der Waals surface area (Å²) >= 11 is 1.08. The number of aryl methyl sites for hydroxylation is 2. The number of nitrogens with zero attached hydrogens (tertiary/aromatic N) is 2. The Labute approximate surface area is 163 Å². The summed E-state index contributed by atoms with van der Waals surface area (Å²) in [6, 6.07) is 4.34. The predicted molar refractivity (Wildman–Crippen MR) is 104 cm³/mol. The Morgan fingerprint density at radius 3 is 2.75 bits per heavy atom. The van der Waals surface area contributed by atoms with Gasteiger partial charge in [-0.25, -0.2) is 14.2 Å². The molecule has 3 aromatic rings. The van der Waals surface area contributed by atoms with Crippen molar-refractivity contribution in [3.63, 3.8) is 0 Å². The van der Waals surface area contributed by atoms with Crippen LogP contribution >= 0.6 is 11.3 Å². The molecule has 0 atom stereocenters. The van der Waals surface area contributed by atoms with Crippen molar-refractivity contribution in [3.8, 4) is 0 Å². The van der Waals surface area contributed by atoms with Crippen molar-refractivity contribution in [2.75, 3.05) is 11.9 Å². The molecule has 0 aliphatic rings. The van der Waals surface area contributed by atoms with Crippen molar-refractivity contribution in [2.45, 2.75) is 27.3 Å². The van der Waals surface area contributed by atoms with Gasteiger partial charge in [0.1, 0.15) is 22.1 Å². The van der Waals surface area contributed by atoms with Gasteiger partial charge in [0.2, 0.25) is 5.91 Å². The zero-order valence-corrected chi connectivity index (χ0v) is 16.4. The number of benzene rings is 1. The summed E-state index contributed by atoms with van der Waals surface area (Å²) in [5.74, 6) is -1.43. The first-order valence-electron chi connectivity index (χ1n) is 8.53. The SMILES string of the molecule is CCOC(=O)c1sc2ncn(CC(=O)Nc3ccc(C)c(F)c3)c(=O)c2c1C. The summed E-state index contributed by atoms with van der Waals surface area (Å²) < 4.78 is 19.8. The monoisotopic (exact) mass is 403 g/mol. The number of nitrogens with one attached hydrogen (secondary N) is 1. The number of aromatic nitrogens is 2. The predicted octanol–water partition coefficient (Wildman–Crippen LogP) is 3.03. The Hall–Kier alpha value is -3.07. The highest BCUT2D eigenvalue weighted by molar-refractivity contribution is 7.20. The Balaban J connectivity index is 1.87. The molecule has 9 heteroatoms. The van der Waals surface area contributed by atoms with E-state index in [9.17, 15) is 18.8 Å². The molecular formula is C19H18FN3O4S. The molecule has 28 heavy (non-hydrogen) atoms. The largest absolute Gasteiger partial charge is 0.462 e. The van der Waals surface area contributed by atoms with E-state index in [1.807, 2.05) is 0 Å². The minimum absolute atomic E-state index is 0.226. The first-order valence-corrected chi connectivity index (χ1v) is 9.35. The first-order chi connectivity index (χ1) is 13.3. The van der Waals surface area contributed by atoms with Crippen LogP contribution in [0.4, 0.5) is 10.1 Å². The molecule has 0 unspecified atom stereocenters. The van der Waals surface area contributed by atoms with Crippen molar-refractivity contribution in [1.29, 1.82) is 0 Å². The van der Waals surface area contributed by atoms with Gasteiger partial charge in [-0.1, -0.05) is 6.07 Å². The topological polar surface area (TPSA) is 90.3 Å². The van der Waals surface area contributed by atoms with Gasteiger partial charge in [0.25, 0.3) is 5.56 Å². The second kappa shape index (κ2) is 7.89. The Morgan fingerprint density at radius 2 is 2.07 bits per heavy atom. The van der Waals surface area contributed by atoms with Gasteiger partial charge in [0, 0.05) is 5.69 Å². The van der Waals surface area contributed by atoms with E-state index in [1.54, 1.807) is 32.9 Å². The van der Waals surface area contributed by atoms with Crippen LogP contribution < -0.4 is 10.9 Å². The fourth-order valence-electron chi connectivity index (χ4n) is 2.69. The summed E-state index contributed by atoms with van der Waals surface area (Å²) in [7, 11) is 0. The van der Waals surface area contributed by atoms with Crippen LogP contribution in [0.1, 0.15) is 27.7 Å². The molecule has 7 nitrogen and oxygen atoms in total. The second-order valence-corrected chi connectivity index (χ2v) is 7.15. The summed E-state index contributed by atoms with van der Waals surface area (Å²) in [5, 5.41) is 2.83. The van der Waals surface area contributed by atoms with Crippen molar-refractivity contribution >= 4 is 39.1 Å². The third-order valence-corrected chi connectivity index (χ3v) is 5.33. The van der Waals surface area contributed by atoms with E-state index in [0.717, 1.165) is 15.9 Å². The summed E-state index contributed by atoms with van der Waals surface area (Å²) in [4.78, 5) is 42.0. The van der Waals surface area contributed by atoms with Gasteiger partial charge in [-0.2, -0.15) is 0 Å². The van der Waals surface area contributed by atoms with E-state index in [4.69, 9.17) is 4.74 Å². The average Bonchev–Trinajstić information content (AvgIpc) is 2.98. The van der Waals surface area contributed by atoms with E-state index in [-0.39, 0.29) is 18.5 Å². The zero-order valence-electron chi connectivity index (χ0n) is 15.5. The zero-order chi connectivity index (χ0) is 20.4. The minimum atomic E-state index is -0.506. The number of carbonyl (C=O) groups excluding carboxylic acids is 2. The number of fused-ring (bicyclic) bond motifs is 1. The highest BCUT2D eigenvalue weighted by Crippen LogP contribution is 2.27. The van der Waals surface area contributed by atoms with E-state index < -0.39 is 23.3 Å². The van der Waals surface area contributed by atoms with E-state index in [0.29, 0.717) is 26.5 Å². The number of anilines is 1. The molecule has 3 rings (SSSR count). The quantitative estimate of drug-likeness (QED) is 0.662. The normalized spacial score (nSPS) is 10.9. The van der Waals surface area contributed by atoms with Crippen molar-refractivity contribution in [2.24, 2.45) is 0 Å². The van der Waals surface area contributed by atoms with Gasteiger partial charge >= 0.3 is 5.97 Å². The molecule has 2 aromatic heterocycles. The number of esters is 1. The third-order valence-electron chi connectivity index (χ3n) is 4.15. The lowest BCUT2D eigenvalue weighted by Gasteiger charge is -2.08. The Kier molecular flexibility index (Phi) is 5.55. The number of carbonyl (C=O) groups is 2. The van der Waals surface area contributed by atoms with Crippen LogP contribution in [0.3, 0.4) is 0 Å². The molecule has 0 bridgehead atoms. The molecule has 0 radical (unpaired) electrons. The molecule has 0 saturated carbocycles. The molecule has 1 amide bonds. The summed E-state index contributed by atoms with van der Waals surface area (Å²) in [6.45, 7) is 4.90. The number of hydrogen-bond acceptors (Lipinski definition) is 6. The van der Waals surface area contributed by atoms with Crippen molar-refractivity contribution in [1.82, 2.24) is 9.55 Å². The summed E-state index contributed by atoms with van der Waals surface area (Å²) in [5.41, 5.74) is 0.812. The van der Waals surface area contributed by atoms with Gasteiger partial charge in [-0.3, -0.25) is 14.2 Å². The molecule has 0 aliphatic carbocycles. The molecule has 1 N–H and O–H groups in total. The minimum Gasteiger partial charge on any atom is -0.462 e. The molecule has 0 fully saturated rings. The number of hydrogen-bond donors (Lipinski definition) is 1. The van der Waals surface area contributed by atoms with Crippen LogP contribution in [0, 0.1) is 19.7 Å². The maximum absolute atomic E-state index is 13.6. The van der Waals surface area contributed by atoms with E-state index in [2.05, 4.69) is 10.3 Å². The molecular weight excluding hydrogens is 385 g/mol. The van der Waals surface area contributed by atoms with Crippen LogP contribution in [0.25, 0.3) is 10.2 Å². The van der Waals surface area contributed by atoms with Crippen molar-refractivity contribution < 1.29 is 18.7 Å². The first kappa shape index (κ1) is 19.7. The second-order valence-electron chi connectivity index (χ2n) is 6.15. The number of halogens is 1. The fourth-order valence-corrected chi connectivity index (χ4v) is 3.72. The van der Waals surface area contributed by atoms with E-state index in [1.165, 1.54) is 12.4 Å². The number of thiophene rings is 1. The third kappa shape index (κ3) is 3.79. The number of rotatable bonds is 5. The molecule has 0 spiro atoms. The lowest BCUT2D eigenvalue weighted by Crippen LogP contribution is -2.28. The Morgan fingerprint density at radius 1 is 1.32 bits per heavy atom. The standard InChI is InChI=1S/C19H18FN3O4S/c1-4-27-19(26)16-11(3)15-17(28-16)21-9-23(18(15)25)8-14(24)22-12-6-5-10(2)13(20)7-12/h5-7,9H,4,8H2,1-3H3,(H,22,24). The number of ether oxygens (including phenoxy) is 1. The average molecular weight is 403 g/mol. The van der Waals surface area contributed by atoms with E-state index >= 15 is 0 Å². The van der Waals surface area contributed by atoms with Gasteiger partial charge < -0.3 is 10.1 Å². The number of amides is 1. The van der Waals surface area contributed by atoms with Crippen LogP contribution in [-0.4, -0.2) is 28.0 Å². The molecule has 0 saturated heterocycles. The van der Waals surface area contributed by atoms with Gasteiger partial charge in [-0.05, 0) is 44.0 Å². The molecule has 146 valence electrons. The fraction of sp³-hybridized carbons (Fsp3) is 0.263. The lowest BCUT2D eigenvalue weighted by atomic mass is 10.2. The van der Waals surface area contributed by atoms with Crippen LogP contribution in [0.15, 0.2) is 29.3 Å². The highest BCUT2D eigenvalue weighted by Gasteiger charge is 2.20. The smallest absolute Gasteiger partial charge is 0.348 e. The van der Waals surface area contributed by atoms with Gasteiger partial charge in [0.15, 0.2) is 0 Å². The van der Waals surface area contributed by atoms with Crippen LogP contribution in [-0.2, 0) is 16.1 Å². The Bertz CT molecular complexity index is 1140. The maximum atomic E-state index is 13.6. The van der Waals surface area contributed by atoms with Crippen molar-refractivity contribution in [3.05, 3.63) is 56.7 Å². The lowest BCUT2D eigenvalue weighted by molar-refractivity contribution is -0.116.